The number of carboxylic acid groups (broad SMARTS) is 1. The Bertz CT molecular complexity index is 631. The molecular formula is C16H20N2O5. The van der Waals surface area contributed by atoms with Gasteiger partial charge in [0.05, 0.1) is 22.8 Å². The van der Waals surface area contributed by atoms with Gasteiger partial charge in [0, 0.05) is 12.1 Å². The van der Waals surface area contributed by atoms with Crippen molar-refractivity contribution in [2.75, 3.05) is 0 Å². The third-order valence-corrected chi connectivity index (χ3v) is 4.42. The first-order valence-electron chi connectivity index (χ1n) is 7.59. The highest BCUT2D eigenvalue weighted by atomic mass is 16.6. The van der Waals surface area contributed by atoms with Crippen molar-refractivity contribution in [1.82, 2.24) is 5.32 Å². The average molecular weight is 320 g/mol. The molecule has 23 heavy (non-hydrogen) atoms. The van der Waals surface area contributed by atoms with Crippen molar-refractivity contribution in [2.45, 2.75) is 44.6 Å². The minimum atomic E-state index is -0.900. The molecule has 124 valence electrons. The highest BCUT2D eigenvalue weighted by molar-refractivity contribution is 5.81. The van der Waals surface area contributed by atoms with Crippen LogP contribution < -0.4 is 5.32 Å². The first-order chi connectivity index (χ1) is 10.8. The molecule has 2 atom stereocenters. The van der Waals surface area contributed by atoms with Crippen molar-refractivity contribution in [1.29, 1.82) is 0 Å². The topological polar surface area (TPSA) is 110 Å². The maximum absolute atomic E-state index is 12.3. The Hall–Kier alpha value is -2.44. The Morgan fingerprint density at radius 2 is 2.17 bits per heavy atom. The monoisotopic (exact) mass is 320 g/mol. The molecule has 1 amide bonds. The average Bonchev–Trinajstić information content (AvgIpc) is 2.46. The number of hydrogen-bond donors (Lipinski definition) is 2. The van der Waals surface area contributed by atoms with Gasteiger partial charge < -0.3 is 10.4 Å². The van der Waals surface area contributed by atoms with E-state index in [0.717, 1.165) is 12.8 Å². The lowest BCUT2D eigenvalue weighted by molar-refractivity contribution is -0.384. The summed E-state index contributed by atoms with van der Waals surface area (Å²) in [6, 6.07) is 5.90. The summed E-state index contributed by atoms with van der Waals surface area (Å²) in [5, 5.41) is 22.9. The van der Waals surface area contributed by atoms with Gasteiger partial charge in [-0.25, -0.2) is 0 Å². The lowest BCUT2D eigenvalue weighted by atomic mass is 9.74. The van der Waals surface area contributed by atoms with E-state index in [0.29, 0.717) is 18.4 Å². The molecule has 0 saturated heterocycles. The Morgan fingerprint density at radius 1 is 1.43 bits per heavy atom. The number of hydrogen-bond acceptors (Lipinski definition) is 4. The normalized spacial score (nSPS) is 24.0. The van der Waals surface area contributed by atoms with Crippen molar-refractivity contribution >= 4 is 17.6 Å². The molecule has 7 nitrogen and oxygen atoms in total. The predicted molar refractivity (Wildman–Crippen MR) is 82.9 cm³/mol. The summed E-state index contributed by atoms with van der Waals surface area (Å²) in [6.07, 6.45) is 2.86. The molecule has 2 unspecified atom stereocenters. The number of non-ortho nitro benzene ring substituents is 1. The predicted octanol–water partition coefficient (Wildman–Crippen LogP) is 2.29. The molecule has 1 aromatic carbocycles. The lowest BCUT2D eigenvalue weighted by Crippen LogP contribution is -2.55. The number of nitrogens with zero attached hydrogens (tertiary/aromatic N) is 1. The molecule has 1 aliphatic rings. The van der Waals surface area contributed by atoms with Gasteiger partial charge in [-0.05, 0) is 25.3 Å². The first kappa shape index (κ1) is 16.9. The van der Waals surface area contributed by atoms with Gasteiger partial charge in [0.1, 0.15) is 0 Å². The second kappa shape index (κ2) is 6.76. The van der Waals surface area contributed by atoms with Gasteiger partial charge in [-0.3, -0.25) is 19.7 Å². The zero-order chi connectivity index (χ0) is 17.0. The summed E-state index contributed by atoms with van der Waals surface area (Å²) in [6.45, 7) is 1.76. The quantitative estimate of drug-likeness (QED) is 0.639. The summed E-state index contributed by atoms with van der Waals surface area (Å²) >= 11 is 0. The Balaban J connectivity index is 2.07. The standard InChI is InChI=1S/C16H20N2O5/c1-16(8-3-2-7-13(16)15(20)21)17-14(19)10-11-5-4-6-12(9-11)18(22)23/h4-6,9,13H,2-3,7-8,10H2,1H3,(H,17,19)(H,20,21). The summed E-state index contributed by atoms with van der Waals surface area (Å²) in [4.78, 5) is 33.9. The van der Waals surface area contributed by atoms with Gasteiger partial charge in [0.15, 0.2) is 0 Å². The van der Waals surface area contributed by atoms with Crippen molar-refractivity contribution in [3.05, 3.63) is 39.9 Å². The van der Waals surface area contributed by atoms with E-state index in [1.807, 2.05) is 0 Å². The molecule has 2 rings (SSSR count). The second-order valence-electron chi connectivity index (χ2n) is 6.21. The van der Waals surface area contributed by atoms with Crippen LogP contribution >= 0.6 is 0 Å². The van der Waals surface area contributed by atoms with Gasteiger partial charge in [-0.2, -0.15) is 0 Å². The minimum Gasteiger partial charge on any atom is -0.481 e. The number of carbonyl (C=O) groups excluding carboxylic acids is 1. The molecule has 0 bridgehead atoms. The van der Waals surface area contributed by atoms with E-state index in [-0.39, 0.29) is 18.0 Å². The smallest absolute Gasteiger partial charge is 0.308 e. The van der Waals surface area contributed by atoms with Crippen molar-refractivity contribution in [2.24, 2.45) is 5.92 Å². The van der Waals surface area contributed by atoms with E-state index in [9.17, 15) is 24.8 Å². The molecule has 2 N–H and O–H groups in total. The molecule has 0 radical (unpaired) electrons. The van der Waals surface area contributed by atoms with E-state index < -0.39 is 22.3 Å². The van der Waals surface area contributed by atoms with Crippen LogP contribution in [0.4, 0.5) is 5.69 Å². The molecule has 1 aromatic rings. The van der Waals surface area contributed by atoms with Crippen LogP contribution in [0.2, 0.25) is 0 Å². The molecular weight excluding hydrogens is 300 g/mol. The Kier molecular flexibility index (Phi) is 4.98. The number of amides is 1. The summed E-state index contributed by atoms with van der Waals surface area (Å²) in [5.41, 5.74) is -0.312. The molecule has 1 fully saturated rings. The number of aliphatic carboxylic acids is 1. The number of rotatable bonds is 5. The van der Waals surface area contributed by atoms with Gasteiger partial charge >= 0.3 is 5.97 Å². The zero-order valence-corrected chi connectivity index (χ0v) is 12.9. The van der Waals surface area contributed by atoms with Crippen molar-refractivity contribution in [3.63, 3.8) is 0 Å². The first-order valence-corrected chi connectivity index (χ1v) is 7.59. The van der Waals surface area contributed by atoms with Gasteiger partial charge in [0.25, 0.3) is 5.69 Å². The zero-order valence-electron chi connectivity index (χ0n) is 12.9. The second-order valence-corrected chi connectivity index (χ2v) is 6.21. The summed E-state index contributed by atoms with van der Waals surface area (Å²) in [5.74, 6) is -1.82. The van der Waals surface area contributed by atoms with Crippen LogP contribution in [0.3, 0.4) is 0 Å². The van der Waals surface area contributed by atoms with Crippen LogP contribution in [-0.4, -0.2) is 27.4 Å². The maximum Gasteiger partial charge on any atom is 0.308 e. The number of nitrogens with one attached hydrogen (secondary N) is 1. The third-order valence-electron chi connectivity index (χ3n) is 4.42. The van der Waals surface area contributed by atoms with Gasteiger partial charge in [-0.15, -0.1) is 0 Å². The summed E-state index contributed by atoms with van der Waals surface area (Å²) in [7, 11) is 0. The Labute approximate surface area is 133 Å². The fraction of sp³-hybridized carbons (Fsp3) is 0.500. The highest BCUT2D eigenvalue weighted by Gasteiger charge is 2.42. The van der Waals surface area contributed by atoms with Crippen LogP contribution in [0.15, 0.2) is 24.3 Å². The van der Waals surface area contributed by atoms with Crippen LogP contribution in [0, 0.1) is 16.0 Å². The molecule has 7 heteroatoms. The van der Waals surface area contributed by atoms with Crippen LogP contribution in [-0.2, 0) is 16.0 Å². The number of carbonyl (C=O) groups is 2. The number of benzene rings is 1. The largest absolute Gasteiger partial charge is 0.481 e. The van der Waals surface area contributed by atoms with E-state index in [1.54, 1.807) is 13.0 Å². The fourth-order valence-corrected chi connectivity index (χ4v) is 3.21. The molecule has 0 spiro atoms. The highest BCUT2D eigenvalue weighted by Crippen LogP contribution is 2.34. The number of nitro benzene ring substituents is 1. The number of nitro groups is 1. The molecule has 1 aliphatic carbocycles. The summed E-state index contributed by atoms with van der Waals surface area (Å²) < 4.78 is 0. The molecule has 0 heterocycles. The molecule has 0 aliphatic heterocycles. The van der Waals surface area contributed by atoms with Crippen molar-refractivity contribution in [3.8, 4) is 0 Å². The molecule has 0 aromatic heterocycles. The van der Waals surface area contributed by atoms with Crippen molar-refractivity contribution < 1.29 is 19.6 Å². The fourth-order valence-electron chi connectivity index (χ4n) is 3.21. The number of carboxylic acids is 1. The van der Waals surface area contributed by atoms with Crippen LogP contribution in [0.1, 0.15) is 38.2 Å². The van der Waals surface area contributed by atoms with Gasteiger partial charge in [-0.1, -0.05) is 25.0 Å². The SMILES string of the molecule is CC1(NC(=O)Cc2cccc([N+](=O)[O-])c2)CCCCC1C(=O)O. The van der Waals surface area contributed by atoms with E-state index in [2.05, 4.69) is 5.32 Å². The lowest BCUT2D eigenvalue weighted by Gasteiger charge is -2.39. The van der Waals surface area contributed by atoms with Crippen LogP contribution in [0.5, 0.6) is 0 Å². The Morgan fingerprint density at radius 3 is 2.83 bits per heavy atom. The molecule has 1 saturated carbocycles. The van der Waals surface area contributed by atoms with Gasteiger partial charge in [0.2, 0.25) is 5.91 Å². The maximum atomic E-state index is 12.3. The van der Waals surface area contributed by atoms with E-state index in [1.165, 1.54) is 18.2 Å². The third kappa shape index (κ3) is 4.06. The van der Waals surface area contributed by atoms with E-state index in [4.69, 9.17) is 0 Å². The van der Waals surface area contributed by atoms with E-state index >= 15 is 0 Å². The van der Waals surface area contributed by atoms with Crippen LogP contribution in [0.25, 0.3) is 0 Å². The minimum absolute atomic E-state index is 0.0103.